The Bertz CT molecular complexity index is 233. The van der Waals surface area contributed by atoms with E-state index in [0.717, 1.165) is 12.5 Å². The highest BCUT2D eigenvalue weighted by molar-refractivity contribution is 4.80. The van der Waals surface area contributed by atoms with Crippen molar-refractivity contribution in [1.29, 1.82) is 0 Å². The number of nitrogens with zero attached hydrogens (tertiary/aromatic N) is 1. The van der Waals surface area contributed by atoms with Crippen LogP contribution in [0.15, 0.2) is 0 Å². The second-order valence-corrected chi connectivity index (χ2v) is 6.43. The molecule has 0 N–H and O–H groups in total. The first-order valence-corrected chi connectivity index (χ1v) is 8.14. The second kappa shape index (κ2) is 8.23. The van der Waals surface area contributed by atoms with Gasteiger partial charge in [-0.05, 0) is 57.4 Å². The third-order valence-electron chi connectivity index (χ3n) is 4.57. The summed E-state index contributed by atoms with van der Waals surface area (Å²) in [6, 6.07) is 0. The highest BCUT2D eigenvalue weighted by Gasteiger charge is 2.30. The molecular formula is C16H31NO2. The van der Waals surface area contributed by atoms with Crippen molar-refractivity contribution in [3.8, 4) is 0 Å². The van der Waals surface area contributed by atoms with Gasteiger partial charge in [-0.2, -0.15) is 0 Å². The number of likely N-dealkylation sites (tertiary alicyclic amines) is 1. The van der Waals surface area contributed by atoms with E-state index in [9.17, 15) is 0 Å². The highest BCUT2D eigenvalue weighted by atomic mass is 16.5. The van der Waals surface area contributed by atoms with E-state index in [1.807, 2.05) is 0 Å². The van der Waals surface area contributed by atoms with E-state index in [-0.39, 0.29) is 0 Å². The topological polar surface area (TPSA) is 21.7 Å². The van der Waals surface area contributed by atoms with Gasteiger partial charge in [-0.1, -0.05) is 6.92 Å². The fourth-order valence-electron chi connectivity index (χ4n) is 3.24. The van der Waals surface area contributed by atoms with Crippen LogP contribution in [0.25, 0.3) is 0 Å². The maximum Gasteiger partial charge on any atom is 0.0603 e. The molecule has 19 heavy (non-hydrogen) atoms. The van der Waals surface area contributed by atoms with Crippen molar-refractivity contribution in [2.75, 3.05) is 33.4 Å². The number of hydrogen-bond donors (Lipinski definition) is 0. The van der Waals surface area contributed by atoms with E-state index in [0.29, 0.717) is 12.2 Å². The maximum absolute atomic E-state index is 6.16. The van der Waals surface area contributed by atoms with Crippen molar-refractivity contribution in [3.05, 3.63) is 0 Å². The SMILES string of the molecule is COCCCCCN1CCC(OC2CC(C)C2)CC1. The molecule has 0 atom stereocenters. The van der Waals surface area contributed by atoms with Gasteiger partial charge in [0.2, 0.25) is 0 Å². The molecule has 1 aliphatic carbocycles. The van der Waals surface area contributed by atoms with Crippen LogP contribution in [0.4, 0.5) is 0 Å². The van der Waals surface area contributed by atoms with Gasteiger partial charge in [0.25, 0.3) is 0 Å². The molecule has 0 radical (unpaired) electrons. The molecule has 2 aliphatic rings. The summed E-state index contributed by atoms with van der Waals surface area (Å²) in [4.78, 5) is 2.61. The minimum Gasteiger partial charge on any atom is -0.385 e. The van der Waals surface area contributed by atoms with Gasteiger partial charge in [-0.3, -0.25) is 0 Å². The Morgan fingerprint density at radius 1 is 1.00 bits per heavy atom. The molecule has 0 unspecified atom stereocenters. The Labute approximate surface area is 118 Å². The molecule has 3 nitrogen and oxygen atoms in total. The Hall–Kier alpha value is -0.120. The van der Waals surface area contributed by atoms with Crippen LogP contribution in [-0.2, 0) is 9.47 Å². The van der Waals surface area contributed by atoms with Crippen molar-refractivity contribution in [2.24, 2.45) is 5.92 Å². The fourth-order valence-corrected chi connectivity index (χ4v) is 3.24. The third-order valence-corrected chi connectivity index (χ3v) is 4.57. The summed E-state index contributed by atoms with van der Waals surface area (Å²) in [6.07, 6.45) is 10.0. The molecule has 1 saturated heterocycles. The Morgan fingerprint density at radius 2 is 1.74 bits per heavy atom. The minimum atomic E-state index is 0.544. The average Bonchev–Trinajstić information content (AvgIpc) is 2.39. The van der Waals surface area contributed by atoms with Crippen molar-refractivity contribution in [3.63, 3.8) is 0 Å². The number of hydrogen-bond acceptors (Lipinski definition) is 3. The van der Waals surface area contributed by atoms with Gasteiger partial charge in [0.1, 0.15) is 0 Å². The van der Waals surface area contributed by atoms with Crippen LogP contribution >= 0.6 is 0 Å². The minimum absolute atomic E-state index is 0.544. The summed E-state index contributed by atoms with van der Waals surface area (Å²) < 4.78 is 11.2. The smallest absolute Gasteiger partial charge is 0.0603 e. The monoisotopic (exact) mass is 269 g/mol. The molecule has 2 rings (SSSR count). The normalized spacial score (nSPS) is 29.4. The quantitative estimate of drug-likeness (QED) is 0.632. The molecule has 0 aromatic heterocycles. The van der Waals surface area contributed by atoms with E-state index in [1.54, 1.807) is 7.11 Å². The number of methoxy groups -OCH3 is 1. The van der Waals surface area contributed by atoms with Crippen LogP contribution in [0.1, 0.15) is 51.9 Å². The zero-order chi connectivity index (χ0) is 13.5. The second-order valence-electron chi connectivity index (χ2n) is 6.43. The molecule has 1 aliphatic heterocycles. The lowest BCUT2D eigenvalue weighted by atomic mass is 9.84. The summed E-state index contributed by atoms with van der Waals surface area (Å²) in [5.74, 6) is 0.900. The van der Waals surface area contributed by atoms with Gasteiger partial charge in [-0.15, -0.1) is 0 Å². The summed E-state index contributed by atoms with van der Waals surface area (Å²) in [5.41, 5.74) is 0. The lowest BCUT2D eigenvalue weighted by Crippen LogP contribution is -2.41. The van der Waals surface area contributed by atoms with E-state index < -0.39 is 0 Å². The van der Waals surface area contributed by atoms with Gasteiger partial charge in [-0.25, -0.2) is 0 Å². The molecule has 0 aromatic rings. The summed E-state index contributed by atoms with van der Waals surface area (Å²) in [5, 5.41) is 0. The first-order valence-electron chi connectivity index (χ1n) is 8.14. The lowest BCUT2D eigenvalue weighted by molar-refractivity contribution is -0.0905. The number of unbranched alkanes of at least 4 members (excludes halogenated alkanes) is 2. The average molecular weight is 269 g/mol. The molecule has 112 valence electrons. The van der Waals surface area contributed by atoms with Gasteiger partial charge >= 0.3 is 0 Å². The van der Waals surface area contributed by atoms with Crippen molar-refractivity contribution in [1.82, 2.24) is 4.90 Å². The predicted octanol–water partition coefficient (Wildman–Crippen LogP) is 3.08. The van der Waals surface area contributed by atoms with Gasteiger partial charge in [0, 0.05) is 26.8 Å². The van der Waals surface area contributed by atoms with Crippen LogP contribution < -0.4 is 0 Å². The van der Waals surface area contributed by atoms with Crippen molar-refractivity contribution >= 4 is 0 Å². The van der Waals surface area contributed by atoms with Crippen LogP contribution in [0, 0.1) is 5.92 Å². The van der Waals surface area contributed by atoms with Crippen LogP contribution in [-0.4, -0.2) is 50.5 Å². The largest absolute Gasteiger partial charge is 0.385 e. The molecule has 3 heteroatoms. The first-order chi connectivity index (χ1) is 9.28. The summed E-state index contributed by atoms with van der Waals surface area (Å²) in [7, 11) is 1.79. The molecule has 1 heterocycles. The van der Waals surface area contributed by atoms with Gasteiger partial charge < -0.3 is 14.4 Å². The van der Waals surface area contributed by atoms with E-state index in [1.165, 1.54) is 64.6 Å². The molecule has 0 spiro atoms. The van der Waals surface area contributed by atoms with E-state index in [2.05, 4.69) is 11.8 Å². The summed E-state index contributed by atoms with van der Waals surface area (Å²) >= 11 is 0. The molecule has 0 amide bonds. The van der Waals surface area contributed by atoms with Gasteiger partial charge in [0.05, 0.1) is 12.2 Å². The van der Waals surface area contributed by atoms with Crippen molar-refractivity contribution in [2.45, 2.75) is 64.1 Å². The Balaban J connectivity index is 1.48. The Kier molecular flexibility index (Phi) is 6.62. The molecular weight excluding hydrogens is 238 g/mol. The van der Waals surface area contributed by atoms with Crippen LogP contribution in [0.5, 0.6) is 0 Å². The number of ether oxygens (including phenoxy) is 2. The first kappa shape index (κ1) is 15.3. The third kappa shape index (κ3) is 5.41. The standard InChI is InChI=1S/C16H31NO2/c1-14-12-16(13-14)19-15-6-9-17(10-7-15)8-4-3-5-11-18-2/h14-16H,3-13H2,1-2H3. The maximum atomic E-state index is 6.16. The molecule has 1 saturated carbocycles. The van der Waals surface area contributed by atoms with E-state index in [4.69, 9.17) is 9.47 Å². The lowest BCUT2D eigenvalue weighted by Gasteiger charge is -2.39. The fraction of sp³-hybridized carbons (Fsp3) is 1.00. The van der Waals surface area contributed by atoms with Crippen LogP contribution in [0.3, 0.4) is 0 Å². The zero-order valence-electron chi connectivity index (χ0n) is 12.8. The molecule has 0 aromatic carbocycles. The van der Waals surface area contributed by atoms with E-state index >= 15 is 0 Å². The molecule has 2 fully saturated rings. The van der Waals surface area contributed by atoms with Gasteiger partial charge in [0.15, 0.2) is 0 Å². The number of rotatable bonds is 8. The van der Waals surface area contributed by atoms with Crippen LogP contribution in [0.2, 0.25) is 0 Å². The number of piperidine rings is 1. The predicted molar refractivity (Wildman–Crippen MR) is 78.5 cm³/mol. The zero-order valence-corrected chi connectivity index (χ0v) is 12.8. The van der Waals surface area contributed by atoms with Crippen molar-refractivity contribution < 1.29 is 9.47 Å². The summed E-state index contributed by atoms with van der Waals surface area (Å²) in [6.45, 7) is 6.97. The highest BCUT2D eigenvalue weighted by Crippen LogP contribution is 2.31. The Morgan fingerprint density at radius 3 is 2.37 bits per heavy atom. The molecule has 0 bridgehead atoms.